The van der Waals surface area contributed by atoms with Crippen molar-refractivity contribution < 1.29 is 9.59 Å². The van der Waals surface area contributed by atoms with Crippen molar-refractivity contribution in [2.45, 2.75) is 59.0 Å². The van der Waals surface area contributed by atoms with E-state index < -0.39 is 6.04 Å². The predicted molar refractivity (Wildman–Crippen MR) is 80.7 cm³/mol. The van der Waals surface area contributed by atoms with E-state index in [1.54, 1.807) is 18.3 Å². The van der Waals surface area contributed by atoms with Crippen LogP contribution in [0, 0.1) is 0 Å². The van der Waals surface area contributed by atoms with Gasteiger partial charge >= 0.3 is 0 Å². The SMILES string of the molecule is CCc1nc(CC(=O)N[C@H](C)C(=O)NC(C)(C)C)cs1. The first-order chi connectivity index (χ1) is 9.21. The van der Waals surface area contributed by atoms with Crippen LogP contribution in [-0.2, 0) is 22.4 Å². The lowest BCUT2D eigenvalue weighted by molar-refractivity contribution is -0.129. The Hall–Kier alpha value is -1.43. The molecule has 0 bridgehead atoms. The van der Waals surface area contributed by atoms with Gasteiger partial charge in [0.25, 0.3) is 0 Å². The summed E-state index contributed by atoms with van der Waals surface area (Å²) in [4.78, 5) is 28.1. The van der Waals surface area contributed by atoms with Crippen LogP contribution in [0.25, 0.3) is 0 Å². The molecule has 0 saturated heterocycles. The average Bonchev–Trinajstić information content (AvgIpc) is 2.74. The molecule has 0 saturated carbocycles. The van der Waals surface area contributed by atoms with E-state index in [2.05, 4.69) is 15.6 Å². The van der Waals surface area contributed by atoms with Crippen molar-refractivity contribution in [1.29, 1.82) is 0 Å². The molecule has 0 radical (unpaired) electrons. The summed E-state index contributed by atoms with van der Waals surface area (Å²) in [6.07, 6.45) is 1.08. The summed E-state index contributed by atoms with van der Waals surface area (Å²) < 4.78 is 0. The third-order valence-corrected chi connectivity index (χ3v) is 3.55. The van der Waals surface area contributed by atoms with Gasteiger partial charge in [-0.05, 0) is 34.1 Å². The Kier molecular flexibility index (Phi) is 5.68. The van der Waals surface area contributed by atoms with Crippen LogP contribution in [-0.4, -0.2) is 28.4 Å². The van der Waals surface area contributed by atoms with Crippen molar-refractivity contribution >= 4 is 23.2 Å². The van der Waals surface area contributed by atoms with Gasteiger partial charge in [-0.25, -0.2) is 4.98 Å². The lowest BCUT2D eigenvalue weighted by atomic mass is 10.1. The third-order valence-electron chi connectivity index (χ3n) is 2.51. The molecule has 0 aromatic carbocycles. The molecule has 6 heteroatoms. The summed E-state index contributed by atoms with van der Waals surface area (Å²) in [6, 6.07) is -0.550. The van der Waals surface area contributed by atoms with Gasteiger partial charge in [0.15, 0.2) is 0 Å². The van der Waals surface area contributed by atoms with E-state index in [1.165, 1.54) is 0 Å². The number of nitrogens with one attached hydrogen (secondary N) is 2. The van der Waals surface area contributed by atoms with Gasteiger partial charge in [0.1, 0.15) is 6.04 Å². The number of amides is 2. The van der Waals surface area contributed by atoms with Gasteiger partial charge in [-0.15, -0.1) is 11.3 Å². The number of carbonyl (C=O) groups excluding carboxylic acids is 2. The fourth-order valence-electron chi connectivity index (χ4n) is 1.59. The van der Waals surface area contributed by atoms with Gasteiger partial charge in [0.2, 0.25) is 11.8 Å². The Morgan fingerprint density at radius 3 is 2.55 bits per heavy atom. The molecular weight excluding hydrogens is 274 g/mol. The van der Waals surface area contributed by atoms with E-state index >= 15 is 0 Å². The second-order valence-electron chi connectivity index (χ2n) is 5.79. The molecule has 1 rings (SSSR count). The van der Waals surface area contributed by atoms with E-state index in [0.717, 1.165) is 17.1 Å². The minimum Gasteiger partial charge on any atom is -0.350 e. The summed E-state index contributed by atoms with van der Waals surface area (Å²) in [5, 5.41) is 8.43. The first-order valence-corrected chi connectivity index (χ1v) is 7.64. The zero-order chi connectivity index (χ0) is 15.3. The van der Waals surface area contributed by atoms with Crippen molar-refractivity contribution in [2.75, 3.05) is 0 Å². The fourth-order valence-corrected chi connectivity index (χ4v) is 2.34. The molecule has 1 aromatic heterocycles. The monoisotopic (exact) mass is 297 g/mol. The van der Waals surface area contributed by atoms with Gasteiger partial charge < -0.3 is 10.6 Å². The van der Waals surface area contributed by atoms with Crippen molar-refractivity contribution in [3.05, 3.63) is 16.1 Å². The average molecular weight is 297 g/mol. The minimum atomic E-state index is -0.550. The van der Waals surface area contributed by atoms with Crippen LogP contribution in [0.1, 0.15) is 45.3 Å². The number of rotatable bonds is 5. The van der Waals surface area contributed by atoms with Crippen LogP contribution in [0.4, 0.5) is 0 Å². The first-order valence-electron chi connectivity index (χ1n) is 6.76. The molecule has 0 aliphatic carbocycles. The Labute approximate surface area is 124 Å². The molecule has 2 amide bonds. The fraction of sp³-hybridized carbons (Fsp3) is 0.643. The predicted octanol–water partition coefficient (Wildman–Crippen LogP) is 1.67. The summed E-state index contributed by atoms with van der Waals surface area (Å²) in [5.74, 6) is -0.368. The van der Waals surface area contributed by atoms with Gasteiger partial charge in [-0.2, -0.15) is 0 Å². The molecule has 112 valence electrons. The summed E-state index contributed by atoms with van der Waals surface area (Å²) in [6.45, 7) is 9.42. The summed E-state index contributed by atoms with van der Waals surface area (Å²) in [7, 11) is 0. The standard InChI is InChI=1S/C14H23N3O2S/c1-6-12-16-10(8-20-12)7-11(18)15-9(2)13(19)17-14(3,4)5/h8-9H,6-7H2,1-5H3,(H,15,18)(H,17,19)/t9-/m1/s1. The first kappa shape index (κ1) is 16.6. The Morgan fingerprint density at radius 2 is 2.05 bits per heavy atom. The highest BCUT2D eigenvalue weighted by Gasteiger charge is 2.20. The van der Waals surface area contributed by atoms with E-state index in [1.807, 2.05) is 33.1 Å². The Morgan fingerprint density at radius 1 is 1.40 bits per heavy atom. The van der Waals surface area contributed by atoms with Crippen LogP contribution >= 0.6 is 11.3 Å². The maximum absolute atomic E-state index is 11.9. The second kappa shape index (κ2) is 6.83. The number of aromatic nitrogens is 1. The van der Waals surface area contributed by atoms with E-state index in [9.17, 15) is 9.59 Å². The number of thiazole rings is 1. The summed E-state index contributed by atoms with van der Waals surface area (Å²) in [5.41, 5.74) is 0.453. The minimum absolute atomic E-state index is 0.182. The Bertz CT molecular complexity index is 477. The molecule has 0 fully saturated rings. The number of nitrogens with zero attached hydrogens (tertiary/aromatic N) is 1. The van der Waals surface area contributed by atoms with Crippen LogP contribution < -0.4 is 10.6 Å². The van der Waals surface area contributed by atoms with Crippen LogP contribution in [0.5, 0.6) is 0 Å². The molecule has 20 heavy (non-hydrogen) atoms. The highest BCUT2D eigenvalue weighted by molar-refractivity contribution is 7.09. The molecule has 2 N–H and O–H groups in total. The van der Waals surface area contributed by atoms with Crippen molar-refractivity contribution in [1.82, 2.24) is 15.6 Å². The van der Waals surface area contributed by atoms with E-state index in [4.69, 9.17) is 0 Å². The number of hydrogen-bond donors (Lipinski definition) is 2. The number of hydrogen-bond acceptors (Lipinski definition) is 4. The van der Waals surface area contributed by atoms with Gasteiger partial charge in [-0.3, -0.25) is 9.59 Å². The lowest BCUT2D eigenvalue weighted by Gasteiger charge is -2.23. The molecule has 0 unspecified atom stereocenters. The molecule has 0 spiro atoms. The van der Waals surface area contributed by atoms with Gasteiger partial charge in [0, 0.05) is 10.9 Å². The smallest absolute Gasteiger partial charge is 0.242 e. The summed E-state index contributed by atoms with van der Waals surface area (Å²) >= 11 is 1.55. The van der Waals surface area contributed by atoms with Crippen LogP contribution in [0.2, 0.25) is 0 Å². The van der Waals surface area contributed by atoms with Crippen LogP contribution in [0.3, 0.4) is 0 Å². The van der Waals surface area contributed by atoms with E-state index in [-0.39, 0.29) is 23.8 Å². The topological polar surface area (TPSA) is 71.1 Å². The zero-order valence-electron chi connectivity index (χ0n) is 12.7. The molecule has 5 nitrogen and oxygen atoms in total. The van der Waals surface area contributed by atoms with Crippen LogP contribution in [0.15, 0.2) is 5.38 Å². The third kappa shape index (κ3) is 5.69. The highest BCUT2D eigenvalue weighted by Crippen LogP contribution is 2.10. The lowest BCUT2D eigenvalue weighted by Crippen LogP contribution is -2.51. The van der Waals surface area contributed by atoms with E-state index in [0.29, 0.717) is 0 Å². The number of carbonyl (C=O) groups is 2. The zero-order valence-corrected chi connectivity index (χ0v) is 13.6. The molecule has 0 aliphatic heterocycles. The van der Waals surface area contributed by atoms with Crippen molar-refractivity contribution in [2.24, 2.45) is 0 Å². The normalized spacial score (nSPS) is 12.8. The van der Waals surface area contributed by atoms with Gasteiger partial charge in [-0.1, -0.05) is 6.92 Å². The molecule has 0 aliphatic rings. The molecule has 1 atom stereocenters. The molecular formula is C14H23N3O2S. The maximum atomic E-state index is 11.9. The molecule has 1 aromatic rings. The van der Waals surface area contributed by atoms with Crippen molar-refractivity contribution in [3.63, 3.8) is 0 Å². The Balaban J connectivity index is 2.47. The quantitative estimate of drug-likeness (QED) is 0.868. The van der Waals surface area contributed by atoms with Gasteiger partial charge in [0.05, 0.1) is 17.1 Å². The maximum Gasteiger partial charge on any atom is 0.242 e. The highest BCUT2D eigenvalue weighted by atomic mass is 32.1. The van der Waals surface area contributed by atoms with Crippen molar-refractivity contribution in [3.8, 4) is 0 Å². The largest absolute Gasteiger partial charge is 0.350 e. The molecule has 1 heterocycles. The number of aryl methyl sites for hydroxylation is 1. The second-order valence-corrected chi connectivity index (χ2v) is 6.73.